The van der Waals surface area contributed by atoms with Crippen LogP contribution in [0.1, 0.15) is 17.5 Å². The third kappa shape index (κ3) is 3.14. The van der Waals surface area contributed by atoms with Crippen LogP contribution in [0.4, 0.5) is 5.69 Å². The number of amides is 1. The molecule has 27 heavy (non-hydrogen) atoms. The molecular formula is C20H15ClN4O2. The molecule has 0 saturated heterocycles. The average molecular weight is 379 g/mol. The first-order chi connectivity index (χ1) is 13.1. The van der Waals surface area contributed by atoms with Crippen LogP contribution in [0.3, 0.4) is 0 Å². The Morgan fingerprint density at radius 3 is 2.85 bits per heavy atom. The molecule has 4 rings (SSSR count). The number of ether oxygens (including phenoxy) is 1. The molecule has 134 valence electrons. The molecule has 0 fully saturated rings. The summed E-state index contributed by atoms with van der Waals surface area (Å²) in [6, 6.07) is 12.8. The SMILES string of the molecule is CN1C(=O)CCc2cc(-c3[nH]ncc3Oc3ccc(C#N)cc3Cl)ccc21. The van der Waals surface area contributed by atoms with Gasteiger partial charge in [0.15, 0.2) is 5.75 Å². The summed E-state index contributed by atoms with van der Waals surface area (Å²) in [6.45, 7) is 0. The zero-order valence-corrected chi connectivity index (χ0v) is 15.2. The average Bonchev–Trinajstić information content (AvgIpc) is 3.14. The van der Waals surface area contributed by atoms with Crippen LogP contribution in [-0.4, -0.2) is 23.2 Å². The minimum absolute atomic E-state index is 0.122. The number of carbonyl (C=O) groups excluding carboxylic acids is 1. The van der Waals surface area contributed by atoms with Crippen molar-refractivity contribution in [1.82, 2.24) is 10.2 Å². The Hall–Kier alpha value is -3.30. The lowest BCUT2D eigenvalue weighted by atomic mass is 9.98. The van der Waals surface area contributed by atoms with Gasteiger partial charge in [-0.15, -0.1) is 0 Å². The maximum Gasteiger partial charge on any atom is 0.227 e. The standard InChI is InChI=1S/C20H15ClN4O2/c1-25-16-5-3-14(9-13(16)4-7-19(25)26)20-18(11-23-24-20)27-17-6-2-12(10-22)8-15(17)21/h2-3,5-6,8-9,11H,4,7H2,1H3,(H,23,24). The number of hydrogen-bond acceptors (Lipinski definition) is 4. The number of H-pyrrole nitrogens is 1. The molecular weight excluding hydrogens is 364 g/mol. The lowest BCUT2D eigenvalue weighted by molar-refractivity contribution is -0.118. The van der Waals surface area contributed by atoms with Gasteiger partial charge in [0.25, 0.3) is 0 Å². The molecule has 2 heterocycles. The predicted octanol–water partition coefficient (Wildman–Crippen LogP) is 4.30. The minimum atomic E-state index is 0.122. The third-order valence-corrected chi connectivity index (χ3v) is 4.89. The van der Waals surface area contributed by atoms with Crippen molar-refractivity contribution < 1.29 is 9.53 Å². The third-order valence-electron chi connectivity index (χ3n) is 4.60. The van der Waals surface area contributed by atoms with Crippen molar-refractivity contribution in [2.45, 2.75) is 12.8 Å². The van der Waals surface area contributed by atoms with Gasteiger partial charge in [-0.25, -0.2) is 0 Å². The number of hydrogen-bond donors (Lipinski definition) is 1. The number of nitrogens with zero attached hydrogens (tertiary/aromatic N) is 3. The van der Waals surface area contributed by atoms with Crippen LogP contribution in [-0.2, 0) is 11.2 Å². The van der Waals surface area contributed by atoms with Gasteiger partial charge in [0, 0.05) is 24.7 Å². The molecule has 0 atom stereocenters. The number of rotatable bonds is 3. The van der Waals surface area contributed by atoms with Gasteiger partial charge in [0.2, 0.25) is 5.91 Å². The van der Waals surface area contributed by atoms with Crippen LogP contribution >= 0.6 is 11.6 Å². The monoisotopic (exact) mass is 378 g/mol. The largest absolute Gasteiger partial charge is 0.452 e. The number of aromatic amines is 1. The molecule has 1 aliphatic heterocycles. The molecule has 1 aliphatic rings. The number of nitrogens with one attached hydrogen (secondary N) is 1. The summed E-state index contributed by atoms with van der Waals surface area (Å²) < 4.78 is 5.92. The van der Waals surface area contributed by atoms with E-state index in [1.807, 2.05) is 24.3 Å². The van der Waals surface area contributed by atoms with E-state index in [1.54, 1.807) is 36.3 Å². The molecule has 0 radical (unpaired) electrons. The second kappa shape index (κ2) is 6.78. The van der Waals surface area contributed by atoms with Gasteiger partial charge < -0.3 is 9.64 Å². The van der Waals surface area contributed by atoms with E-state index in [2.05, 4.69) is 10.2 Å². The van der Waals surface area contributed by atoms with Crippen molar-refractivity contribution in [3.63, 3.8) is 0 Å². The zero-order chi connectivity index (χ0) is 19.0. The van der Waals surface area contributed by atoms with Gasteiger partial charge in [-0.05, 0) is 42.3 Å². The molecule has 7 heteroatoms. The van der Waals surface area contributed by atoms with Crippen LogP contribution in [0.2, 0.25) is 5.02 Å². The first-order valence-corrected chi connectivity index (χ1v) is 8.75. The van der Waals surface area contributed by atoms with E-state index in [0.29, 0.717) is 34.9 Å². The topological polar surface area (TPSA) is 82.0 Å². The highest BCUT2D eigenvalue weighted by Gasteiger charge is 2.22. The fourth-order valence-electron chi connectivity index (χ4n) is 3.14. The minimum Gasteiger partial charge on any atom is -0.452 e. The summed E-state index contributed by atoms with van der Waals surface area (Å²) in [5.41, 5.74) is 4.12. The molecule has 0 saturated carbocycles. The normalized spacial score (nSPS) is 13.2. The molecule has 1 amide bonds. The molecule has 0 bridgehead atoms. The molecule has 0 unspecified atom stereocenters. The highest BCUT2D eigenvalue weighted by atomic mass is 35.5. The number of aryl methyl sites for hydroxylation is 1. The lowest BCUT2D eigenvalue weighted by Gasteiger charge is -2.26. The van der Waals surface area contributed by atoms with Crippen molar-refractivity contribution in [2.75, 3.05) is 11.9 Å². The second-order valence-corrected chi connectivity index (χ2v) is 6.67. The quantitative estimate of drug-likeness (QED) is 0.736. The Bertz CT molecular complexity index is 1080. The van der Waals surface area contributed by atoms with E-state index in [-0.39, 0.29) is 5.91 Å². The molecule has 1 aromatic heterocycles. The number of anilines is 1. The van der Waals surface area contributed by atoms with Crippen LogP contribution in [0.15, 0.2) is 42.6 Å². The van der Waals surface area contributed by atoms with Crippen LogP contribution in [0, 0.1) is 11.3 Å². The number of nitriles is 1. The predicted molar refractivity (Wildman–Crippen MR) is 102 cm³/mol. The number of aromatic nitrogens is 2. The highest BCUT2D eigenvalue weighted by Crippen LogP contribution is 2.37. The van der Waals surface area contributed by atoms with Gasteiger partial charge in [-0.2, -0.15) is 10.4 Å². The van der Waals surface area contributed by atoms with E-state index >= 15 is 0 Å². The molecule has 6 nitrogen and oxygen atoms in total. The summed E-state index contributed by atoms with van der Waals surface area (Å²) in [6.07, 6.45) is 2.79. The number of carbonyl (C=O) groups is 1. The summed E-state index contributed by atoms with van der Waals surface area (Å²) in [7, 11) is 1.79. The van der Waals surface area contributed by atoms with E-state index in [0.717, 1.165) is 22.5 Å². The van der Waals surface area contributed by atoms with Crippen molar-refractivity contribution >= 4 is 23.2 Å². The van der Waals surface area contributed by atoms with Gasteiger partial charge >= 0.3 is 0 Å². The van der Waals surface area contributed by atoms with Crippen molar-refractivity contribution in [3.8, 4) is 28.8 Å². The first kappa shape index (κ1) is 17.1. The summed E-state index contributed by atoms with van der Waals surface area (Å²) in [4.78, 5) is 13.5. The lowest BCUT2D eigenvalue weighted by Crippen LogP contribution is -2.30. The van der Waals surface area contributed by atoms with Crippen LogP contribution in [0.25, 0.3) is 11.3 Å². The van der Waals surface area contributed by atoms with E-state index in [4.69, 9.17) is 21.6 Å². The van der Waals surface area contributed by atoms with E-state index in [9.17, 15) is 4.79 Å². The summed E-state index contributed by atoms with van der Waals surface area (Å²) >= 11 is 6.20. The Morgan fingerprint density at radius 2 is 2.07 bits per heavy atom. The highest BCUT2D eigenvalue weighted by molar-refractivity contribution is 6.32. The maximum absolute atomic E-state index is 11.9. The van der Waals surface area contributed by atoms with E-state index < -0.39 is 0 Å². The smallest absolute Gasteiger partial charge is 0.227 e. The van der Waals surface area contributed by atoms with Crippen molar-refractivity contribution in [2.24, 2.45) is 0 Å². The van der Waals surface area contributed by atoms with E-state index in [1.165, 1.54) is 0 Å². The number of fused-ring (bicyclic) bond motifs is 1. The fraction of sp³-hybridized carbons (Fsp3) is 0.150. The fourth-order valence-corrected chi connectivity index (χ4v) is 3.36. The van der Waals surface area contributed by atoms with Gasteiger partial charge in [0.05, 0.1) is 22.9 Å². The molecule has 0 aliphatic carbocycles. The number of halogens is 1. The molecule has 2 aromatic carbocycles. The summed E-state index contributed by atoms with van der Waals surface area (Å²) in [5.74, 6) is 1.10. The van der Waals surface area contributed by atoms with Gasteiger partial charge in [-0.3, -0.25) is 9.89 Å². The van der Waals surface area contributed by atoms with Crippen molar-refractivity contribution in [3.05, 3.63) is 58.7 Å². The Morgan fingerprint density at radius 1 is 1.22 bits per heavy atom. The maximum atomic E-state index is 11.9. The van der Waals surface area contributed by atoms with Crippen LogP contribution < -0.4 is 9.64 Å². The molecule has 0 spiro atoms. The molecule has 3 aromatic rings. The Labute approximate surface area is 160 Å². The van der Waals surface area contributed by atoms with Crippen LogP contribution in [0.5, 0.6) is 11.5 Å². The second-order valence-electron chi connectivity index (χ2n) is 6.26. The summed E-state index contributed by atoms with van der Waals surface area (Å²) in [5, 5.41) is 16.3. The zero-order valence-electron chi connectivity index (χ0n) is 14.5. The van der Waals surface area contributed by atoms with Gasteiger partial charge in [-0.1, -0.05) is 17.7 Å². The first-order valence-electron chi connectivity index (χ1n) is 8.37. The number of benzene rings is 2. The van der Waals surface area contributed by atoms with Crippen molar-refractivity contribution in [1.29, 1.82) is 5.26 Å². The Kier molecular flexibility index (Phi) is 4.30. The molecule has 1 N–H and O–H groups in total. The van der Waals surface area contributed by atoms with Gasteiger partial charge in [0.1, 0.15) is 11.4 Å². The Balaban J connectivity index is 1.67.